The van der Waals surface area contributed by atoms with Crippen molar-refractivity contribution in [3.63, 3.8) is 0 Å². The molecule has 1 aromatic heterocycles. The van der Waals surface area contributed by atoms with Crippen molar-refractivity contribution >= 4 is 70.1 Å². The number of para-hydroxylation sites is 1. The summed E-state index contributed by atoms with van der Waals surface area (Å²) < 4.78 is 66.7. The first-order chi connectivity index (χ1) is 29.2. The van der Waals surface area contributed by atoms with Crippen LogP contribution in [-0.4, -0.2) is 0 Å². The summed E-state index contributed by atoms with van der Waals surface area (Å²) in [6, 6.07) is 51.3. The minimum Gasteiger partial charge on any atom is -0.310 e. The van der Waals surface area contributed by atoms with Gasteiger partial charge in [0.1, 0.15) is 0 Å². The fourth-order valence-electron chi connectivity index (χ4n) is 8.57. The molecule has 2 heteroatoms. The van der Waals surface area contributed by atoms with Crippen molar-refractivity contribution < 1.29 is 9.60 Å². The van der Waals surface area contributed by atoms with E-state index in [4.69, 9.17) is 5.48 Å². The van der Waals surface area contributed by atoms with Gasteiger partial charge in [0.15, 0.2) is 0 Å². The van der Waals surface area contributed by atoms with E-state index in [0.717, 1.165) is 75.8 Å². The van der Waals surface area contributed by atoms with E-state index in [1.165, 1.54) is 0 Å². The van der Waals surface area contributed by atoms with Crippen molar-refractivity contribution in [1.82, 2.24) is 0 Å². The molecule has 0 amide bonds. The molecule has 9 aromatic carbocycles. The Hall–Kier alpha value is -6.48. The smallest absolute Gasteiger partial charge is 0.0720 e. The Morgan fingerprint density at radius 3 is 2.09 bits per heavy atom. The highest BCUT2D eigenvalue weighted by atomic mass is 32.1. The third-order valence-corrected chi connectivity index (χ3v) is 11.9. The molecule has 11 rings (SSSR count). The van der Waals surface area contributed by atoms with Gasteiger partial charge in [-0.3, -0.25) is 0 Å². The lowest BCUT2D eigenvalue weighted by molar-refractivity contribution is 0.778. The van der Waals surface area contributed by atoms with E-state index >= 15 is 0 Å². The van der Waals surface area contributed by atoms with Crippen LogP contribution in [-0.2, 0) is 5.41 Å². The molecule has 0 fully saturated rings. The summed E-state index contributed by atoms with van der Waals surface area (Å²) in [4.78, 5) is 2.26. The van der Waals surface area contributed by atoms with Gasteiger partial charge in [-0.25, -0.2) is 0 Å². The number of hydrogen-bond donors (Lipinski definition) is 0. The van der Waals surface area contributed by atoms with E-state index in [1.54, 1.807) is 11.3 Å². The number of nitrogens with zero attached hydrogens (tertiary/aromatic N) is 1. The normalized spacial score (nSPS) is 16.7. The fourth-order valence-corrected chi connectivity index (χ4v) is 9.70. The maximum Gasteiger partial charge on any atom is 0.0720 e. The Morgan fingerprint density at radius 2 is 1.17 bits per heavy atom. The van der Waals surface area contributed by atoms with Crippen molar-refractivity contribution in [3.05, 3.63) is 222 Å². The van der Waals surface area contributed by atoms with Gasteiger partial charge < -0.3 is 4.90 Å². The van der Waals surface area contributed by atoms with E-state index in [1.807, 2.05) is 54.6 Å². The van der Waals surface area contributed by atoms with Crippen LogP contribution in [0.25, 0.3) is 52.8 Å². The lowest BCUT2D eigenvalue weighted by atomic mass is 9.66. The number of rotatable bonds is 5. The second kappa shape index (κ2) is 11.8. The molecule has 0 saturated heterocycles. The Labute approximate surface area is 322 Å². The van der Waals surface area contributed by atoms with Gasteiger partial charge >= 0.3 is 0 Å². The molecule has 0 saturated carbocycles. The predicted molar refractivity (Wildman–Crippen MR) is 226 cm³/mol. The second-order valence-corrected chi connectivity index (χ2v) is 14.6. The van der Waals surface area contributed by atoms with E-state index in [0.29, 0.717) is 0 Å². The highest BCUT2D eigenvalue weighted by molar-refractivity contribution is 7.25. The average Bonchev–Trinajstić information content (AvgIpc) is 3.81. The molecule has 1 nitrogen and oxygen atoms in total. The minimum absolute atomic E-state index is 0.0625. The fraction of sp³-hybridized carbons (Fsp3) is 0.0196. The first kappa shape index (κ1) is 23.9. The van der Waals surface area contributed by atoms with Crippen LogP contribution in [0.4, 0.5) is 17.1 Å². The molecule has 0 radical (unpaired) electrons. The van der Waals surface area contributed by atoms with Crippen LogP contribution in [0, 0.1) is 0 Å². The molecular weight excluding hydrogens is 659 g/mol. The molecule has 1 heterocycles. The van der Waals surface area contributed by atoms with E-state index in [9.17, 15) is 4.11 Å². The summed E-state index contributed by atoms with van der Waals surface area (Å²) >= 11 is 1.68. The predicted octanol–water partition coefficient (Wildman–Crippen LogP) is 14.2. The van der Waals surface area contributed by atoms with Crippen LogP contribution in [0.15, 0.2) is 200 Å². The van der Waals surface area contributed by atoms with Crippen molar-refractivity contribution in [3.8, 4) is 11.1 Å². The molecule has 53 heavy (non-hydrogen) atoms. The summed E-state index contributed by atoms with van der Waals surface area (Å²) in [5, 5.41) is 4.04. The van der Waals surface area contributed by atoms with Crippen molar-refractivity contribution in [1.29, 1.82) is 0 Å². The summed E-state index contributed by atoms with van der Waals surface area (Å²) in [5.41, 5.74) is 6.07. The third-order valence-electron chi connectivity index (χ3n) is 10.7. The molecule has 1 unspecified atom stereocenters. The van der Waals surface area contributed by atoms with Gasteiger partial charge in [-0.1, -0.05) is 152 Å². The topological polar surface area (TPSA) is 3.24 Å². The molecule has 1 aliphatic carbocycles. The summed E-state index contributed by atoms with van der Waals surface area (Å²) in [7, 11) is 0. The van der Waals surface area contributed by atoms with Crippen molar-refractivity contribution in [2.24, 2.45) is 0 Å². The van der Waals surface area contributed by atoms with E-state index < -0.39 is 29.6 Å². The van der Waals surface area contributed by atoms with Crippen molar-refractivity contribution in [2.45, 2.75) is 5.41 Å². The average molecular weight is 699 g/mol. The monoisotopic (exact) mass is 698 g/mol. The van der Waals surface area contributed by atoms with Gasteiger partial charge in [-0.15, -0.1) is 11.3 Å². The highest BCUT2D eigenvalue weighted by Gasteiger charge is 2.47. The van der Waals surface area contributed by atoms with Crippen LogP contribution in [0.5, 0.6) is 0 Å². The quantitative estimate of drug-likeness (QED) is 0.173. The largest absolute Gasteiger partial charge is 0.310 e. The van der Waals surface area contributed by atoms with Crippen LogP contribution < -0.4 is 4.90 Å². The lowest BCUT2D eigenvalue weighted by Crippen LogP contribution is -2.29. The maximum absolute atomic E-state index is 10.1. The lowest BCUT2D eigenvalue weighted by Gasteiger charge is -2.35. The zero-order valence-corrected chi connectivity index (χ0v) is 29.2. The van der Waals surface area contributed by atoms with Gasteiger partial charge in [-0.05, 0) is 98.0 Å². The zero-order chi connectivity index (χ0) is 41.0. The Balaban J connectivity index is 1.31. The molecule has 0 spiro atoms. The maximum atomic E-state index is 10.1. The molecule has 0 aliphatic heterocycles. The summed E-state index contributed by atoms with van der Waals surface area (Å²) in [6.07, 6.45) is 0. The number of anilines is 3. The SMILES string of the molecule is [2H]c1c([2H])c([2H])c2c([2H])c(C3(c4cccc5sc6ccccc6c45)c4ccccc4-c4cc(N(c5ccccc5)c5cccc6ccccc56)ccc43)c([2H])c([2H])c2c1[2H]. The second-order valence-electron chi connectivity index (χ2n) is 13.5. The Kier molecular flexibility index (Phi) is 5.31. The molecule has 1 aliphatic rings. The van der Waals surface area contributed by atoms with Crippen LogP contribution in [0.3, 0.4) is 0 Å². The van der Waals surface area contributed by atoms with Gasteiger partial charge in [0.2, 0.25) is 0 Å². The van der Waals surface area contributed by atoms with E-state index in [-0.39, 0.29) is 34.5 Å². The van der Waals surface area contributed by atoms with Crippen molar-refractivity contribution in [2.75, 3.05) is 4.90 Å². The van der Waals surface area contributed by atoms with Gasteiger partial charge in [0, 0.05) is 36.9 Å². The number of hydrogen-bond acceptors (Lipinski definition) is 2. The first-order valence-electron chi connectivity index (χ1n) is 21.2. The molecule has 0 N–H and O–H groups in total. The molecule has 248 valence electrons. The zero-order valence-electron chi connectivity index (χ0n) is 35.4. The molecular formula is C51H33NS. The number of fused-ring (bicyclic) bond motifs is 8. The van der Waals surface area contributed by atoms with Crippen LogP contribution >= 0.6 is 11.3 Å². The molecule has 10 aromatic rings. The molecule has 0 bridgehead atoms. The molecule has 1 atom stereocenters. The van der Waals surface area contributed by atoms with Gasteiger partial charge in [0.05, 0.1) is 20.7 Å². The highest BCUT2D eigenvalue weighted by Crippen LogP contribution is 2.59. The summed E-state index contributed by atoms with van der Waals surface area (Å²) in [5.74, 6) is 0. The Bertz CT molecular complexity index is 3430. The summed E-state index contributed by atoms with van der Waals surface area (Å²) in [6.45, 7) is 0. The minimum atomic E-state index is -1.35. The third kappa shape index (κ3) is 4.43. The van der Waals surface area contributed by atoms with E-state index in [2.05, 4.69) is 108 Å². The first-order valence-corrected chi connectivity index (χ1v) is 18.5. The Morgan fingerprint density at radius 1 is 0.472 bits per heavy atom. The number of benzene rings is 9. The standard InChI is InChI=1S/C51H33NS/c1-2-18-38(19-3-1)52(47-25-12-17-35-15-6-7-20-40(35)47)39-30-31-45-43(33-39)41-21-8-10-23-44(41)51(45,37-29-28-34-14-4-5-16-36(34)32-37)46-24-13-27-49-50(46)42-22-9-11-26-48(42)53-49/h1-33H/i4D,5D,14D,16D,28D,29D,32D. The van der Waals surface area contributed by atoms with Crippen LogP contribution in [0.1, 0.15) is 31.8 Å². The van der Waals surface area contributed by atoms with Gasteiger partial charge in [0.25, 0.3) is 0 Å². The number of thiophene rings is 1. The van der Waals surface area contributed by atoms with Crippen LogP contribution in [0.2, 0.25) is 0 Å². The van der Waals surface area contributed by atoms with Gasteiger partial charge in [-0.2, -0.15) is 0 Å².